The van der Waals surface area contributed by atoms with Crippen LogP contribution in [0.15, 0.2) is 36.0 Å². The molecule has 3 aromatic rings. The number of fused-ring (bicyclic) bond motifs is 1. The highest BCUT2D eigenvalue weighted by molar-refractivity contribution is 7.99. The second-order valence-electron chi connectivity index (χ2n) is 8.59. The van der Waals surface area contributed by atoms with Crippen LogP contribution in [0.2, 0.25) is 0 Å². The summed E-state index contributed by atoms with van der Waals surface area (Å²) in [6.45, 7) is 10.3. The van der Waals surface area contributed by atoms with E-state index >= 15 is 0 Å². The van der Waals surface area contributed by atoms with E-state index in [1.807, 2.05) is 43.5 Å². The first kappa shape index (κ1) is 26.0. The molecule has 0 radical (unpaired) electrons. The van der Waals surface area contributed by atoms with Crippen LogP contribution in [0.3, 0.4) is 0 Å². The fourth-order valence-electron chi connectivity index (χ4n) is 4.21. The van der Waals surface area contributed by atoms with Crippen LogP contribution in [0.1, 0.15) is 57.2 Å². The maximum absolute atomic E-state index is 12.8. The van der Waals surface area contributed by atoms with Crippen molar-refractivity contribution in [1.29, 1.82) is 0 Å². The van der Waals surface area contributed by atoms with Crippen molar-refractivity contribution in [1.82, 2.24) is 14.8 Å². The van der Waals surface area contributed by atoms with Crippen LogP contribution in [0, 0.1) is 13.8 Å². The van der Waals surface area contributed by atoms with E-state index < -0.39 is 5.97 Å². The van der Waals surface area contributed by atoms with Gasteiger partial charge in [0.1, 0.15) is 10.8 Å². The molecule has 0 fully saturated rings. The molecule has 1 aromatic carbocycles. The van der Waals surface area contributed by atoms with Crippen LogP contribution >= 0.6 is 23.1 Å². The van der Waals surface area contributed by atoms with E-state index in [2.05, 4.69) is 22.1 Å². The molecular weight excluding hydrogens is 496 g/mol. The molecule has 4 rings (SSSR count). The number of thiophene rings is 1. The monoisotopic (exact) mass is 526 g/mol. The normalized spacial score (nSPS) is 13.2. The van der Waals surface area contributed by atoms with Crippen LogP contribution in [0.4, 0.5) is 5.00 Å². The summed E-state index contributed by atoms with van der Waals surface area (Å²) in [6, 6.07) is 5.95. The molecule has 1 unspecified atom stereocenters. The molecule has 1 aliphatic rings. The highest BCUT2D eigenvalue weighted by Gasteiger charge is 2.28. The maximum atomic E-state index is 12.8. The van der Waals surface area contributed by atoms with E-state index in [0.29, 0.717) is 28.1 Å². The number of benzene rings is 1. The number of anilines is 1. The number of rotatable bonds is 10. The van der Waals surface area contributed by atoms with Gasteiger partial charge >= 0.3 is 5.97 Å². The SMILES string of the molecule is C=CCn1c(SCC(=O)Nc2sc3c(c2C(=O)OC)CCC3)nnc1C(C)Oc1cccc(C)c1C. The minimum atomic E-state index is -0.412. The summed E-state index contributed by atoms with van der Waals surface area (Å²) in [6.07, 6.45) is 4.18. The molecule has 0 aliphatic heterocycles. The van der Waals surface area contributed by atoms with Gasteiger partial charge in [-0.15, -0.1) is 28.1 Å². The van der Waals surface area contributed by atoms with Gasteiger partial charge in [-0.3, -0.25) is 9.36 Å². The van der Waals surface area contributed by atoms with Gasteiger partial charge in [0.25, 0.3) is 0 Å². The first-order valence-electron chi connectivity index (χ1n) is 11.8. The number of nitrogens with one attached hydrogen (secondary N) is 1. The number of aryl methyl sites for hydroxylation is 2. The molecule has 36 heavy (non-hydrogen) atoms. The molecule has 10 heteroatoms. The second-order valence-corrected chi connectivity index (χ2v) is 10.6. The number of nitrogens with zero attached hydrogens (tertiary/aromatic N) is 3. The van der Waals surface area contributed by atoms with Gasteiger partial charge in [0.15, 0.2) is 17.1 Å². The third-order valence-corrected chi connectivity index (χ3v) is 8.35. The molecule has 2 aromatic heterocycles. The Morgan fingerprint density at radius 1 is 1.31 bits per heavy atom. The number of hydrogen-bond donors (Lipinski definition) is 1. The number of hydrogen-bond acceptors (Lipinski definition) is 8. The maximum Gasteiger partial charge on any atom is 0.341 e. The van der Waals surface area contributed by atoms with Gasteiger partial charge in [-0.2, -0.15) is 0 Å². The molecular formula is C26H30N4O4S2. The summed E-state index contributed by atoms with van der Waals surface area (Å²) >= 11 is 2.74. The summed E-state index contributed by atoms with van der Waals surface area (Å²) in [4.78, 5) is 26.3. The lowest BCUT2D eigenvalue weighted by molar-refractivity contribution is -0.113. The molecule has 0 saturated carbocycles. The van der Waals surface area contributed by atoms with Crippen molar-refractivity contribution in [3.63, 3.8) is 0 Å². The Hall–Kier alpha value is -3.11. The highest BCUT2D eigenvalue weighted by atomic mass is 32.2. The van der Waals surface area contributed by atoms with E-state index in [0.717, 1.165) is 46.6 Å². The number of thioether (sulfide) groups is 1. The minimum Gasteiger partial charge on any atom is -0.482 e. The number of amides is 1. The Labute approximate surface area is 219 Å². The Balaban J connectivity index is 1.46. The molecule has 190 valence electrons. The molecule has 0 spiro atoms. The summed E-state index contributed by atoms with van der Waals surface area (Å²) in [5, 5.41) is 12.7. The number of ether oxygens (including phenoxy) is 2. The Bertz CT molecular complexity index is 1300. The van der Waals surface area contributed by atoms with Crippen LogP contribution in [0.5, 0.6) is 5.75 Å². The van der Waals surface area contributed by atoms with Crippen molar-refractivity contribution in [2.75, 3.05) is 18.2 Å². The number of aromatic nitrogens is 3. The van der Waals surface area contributed by atoms with Gasteiger partial charge in [-0.25, -0.2) is 4.79 Å². The lowest BCUT2D eigenvalue weighted by atomic mass is 10.1. The Kier molecular flexibility index (Phi) is 8.15. The van der Waals surface area contributed by atoms with E-state index in [-0.39, 0.29) is 17.8 Å². The predicted octanol–water partition coefficient (Wildman–Crippen LogP) is 5.29. The fourth-order valence-corrected chi connectivity index (χ4v) is 6.25. The Morgan fingerprint density at radius 2 is 2.11 bits per heavy atom. The third-order valence-electron chi connectivity index (χ3n) is 6.18. The van der Waals surface area contributed by atoms with E-state index in [1.165, 1.54) is 30.2 Å². The zero-order valence-electron chi connectivity index (χ0n) is 20.9. The van der Waals surface area contributed by atoms with Gasteiger partial charge in [-0.05, 0) is 62.8 Å². The van der Waals surface area contributed by atoms with Gasteiger partial charge in [0.05, 0.1) is 18.4 Å². The molecule has 2 heterocycles. The van der Waals surface area contributed by atoms with Crippen molar-refractivity contribution in [3.8, 4) is 5.75 Å². The molecule has 0 bridgehead atoms. The zero-order chi connectivity index (χ0) is 25.8. The summed E-state index contributed by atoms with van der Waals surface area (Å²) in [5.74, 6) is 0.935. The summed E-state index contributed by atoms with van der Waals surface area (Å²) in [5.41, 5.74) is 3.73. The van der Waals surface area contributed by atoms with Crippen molar-refractivity contribution >= 4 is 40.0 Å². The number of methoxy groups -OCH3 is 1. The van der Waals surface area contributed by atoms with Gasteiger partial charge < -0.3 is 14.8 Å². The average Bonchev–Trinajstić information content (AvgIpc) is 3.55. The molecule has 1 aliphatic carbocycles. The van der Waals surface area contributed by atoms with Crippen molar-refractivity contribution in [2.24, 2.45) is 0 Å². The lowest BCUT2D eigenvalue weighted by Crippen LogP contribution is -2.17. The topological polar surface area (TPSA) is 95.3 Å². The number of esters is 1. The van der Waals surface area contributed by atoms with Crippen molar-refractivity contribution in [3.05, 3.63) is 63.8 Å². The Morgan fingerprint density at radius 3 is 2.86 bits per heavy atom. The van der Waals surface area contributed by atoms with Crippen molar-refractivity contribution < 1.29 is 19.1 Å². The molecule has 1 amide bonds. The van der Waals surface area contributed by atoms with Crippen LogP contribution in [-0.4, -0.2) is 39.5 Å². The fraction of sp³-hybridized carbons (Fsp3) is 0.385. The smallest absolute Gasteiger partial charge is 0.341 e. The predicted molar refractivity (Wildman–Crippen MR) is 142 cm³/mol. The first-order chi connectivity index (χ1) is 17.3. The third kappa shape index (κ3) is 5.34. The van der Waals surface area contributed by atoms with Gasteiger partial charge in [0, 0.05) is 11.4 Å². The summed E-state index contributed by atoms with van der Waals surface area (Å²) < 4.78 is 13.1. The summed E-state index contributed by atoms with van der Waals surface area (Å²) in [7, 11) is 1.36. The standard InChI is InChI=1S/C26H30N4O4S2/c1-6-13-30-23(17(4)34-19-11-7-9-15(2)16(19)3)28-29-26(30)35-14-21(31)27-24-22(25(32)33-5)18-10-8-12-20(18)36-24/h6-7,9,11,17H,1,8,10,12-14H2,2-5H3,(H,27,31). The van der Waals surface area contributed by atoms with Crippen LogP contribution < -0.4 is 10.1 Å². The van der Waals surface area contributed by atoms with Gasteiger partial charge in [-0.1, -0.05) is 30.0 Å². The molecule has 1 atom stereocenters. The quantitative estimate of drug-likeness (QED) is 0.218. The van der Waals surface area contributed by atoms with Gasteiger partial charge in [0.2, 0.25) is 5.91 Å². The van der Waals surface area contributed by atoms with E-state index in [1.54, 1.807) is 6.08 Å². The molecule has 0 saturated heterocycles. The largest absolute Gasteiger partial charge is 0.482 e. The minimum absolute atomic E-state index is 0.116. The van der Waals surface area contributed by atoms with Crippen LogP contribution in [-0.2, 0) is 28.9 Å². The molecule has 1 N–H and O–H groups in total. The molecule has 8 nitrogen and oxygen atoms in total. The van der Waals surface area contributed by atoms with Crippen molar-refractivity contribution in [2.45, 2.75) is 57.8 Å². The van der Waals surface area contributed by atoms with E-state index in [9.17, 15) is 9.59 Å². The van der Waals surface area contributed by atoms with E-state index in [4.69, 9.17) is 9.47 Å². The second kappa shape index (κ2) is 11.3. The average molecular weight is 527 g/mol. The number of carbonyl (C=O) groups excluding carboxylic acids is 2. The lowest BCUT2D eigenvalue weighted by Gasteiger charge is -2.18. The first-order valence-corrected chi connectivity index (χ1v) is 13.6. The number of allylic oxidation sites excluding steroid dienone is 1. The van der Waals surface area contributed by atoms with Crippen LogP contribution in [0.25, 0.3) is 0 Å². The highest BCUT2D eigenvalue weighted by Crippen LogP contribution is 2.39. The zero-order valence-corrected chi connectivity index (χ0v) is 22.6. The number of carbonyl (C=O) groups is 2.